The van der Waals surface area contributed by atoms with Crippen molar-refractivity contribution in [2.24, 2.45) is 0 Å². The fraction of sp³-hybridized carbons (Fsp3) is 0.318. The molecule has 0 radical (unpaired) electrons. The lowest BCUT2D eigenvalue weighted by atomic mass is 10.1. The number of para-hydroxylation sites is 1. The van der Waals surface area contributed by atoms with Gasteiger partial charge in [-0.25, -0.2) is 13.6 Å². The molecule has 8 heteroatoms. The van der Waals surface area contributed by atoms with Crippen molar-refractivity contribution in [2.45, 2.75) is 19.3 Å². The highest BCUT2D eigenvalue weighted by atomic mass is 19.2. The number of halogens is 4. The van der Waals surface area contributed by atoms with Gasteiger partial charge >= 0.3 is 5.97 Å². The Morgan fingerprint density at radius 1 is 1.00 bits per heavy atom. The van der Waals surface area contributed by atoms with Gasteiger partial charge in [-0.2, -0.15) is 8.78 Å². The summed E-state index contributed by atoms with van der Waals surface area (Å²) >= 11 is 0. The van der Waals surface area contributed by atoms with E-state index in [-0.39, 0.29) is 11.3 Å². The Morgan fingerprint density at radius 2 is 1.63 bits per heavy atom. The van der Waals surface area contributed by atoms with Gasteiger partial charge in [-0.1, -0.05) is 30.7 Å². The smallest absolute Gasteiger partial charge is 0.341 e. The van der Waals surface area contributed by atoms with Crippen molar-refractivity contribution >= 4 is 12.0 Å². The number of ether oxygens (including phenoxy) is 2. The number of carbonyl (C=O) groups is 1. The zero-order chi connectivity index (χ0) is 21.7. The van der Waals surface area contributed by atoms with Gasteiger partial charge in [-0.3, -0.25) is 4.90 Å². The summed E-state index contributed by atoms with van der Waals surface area (Å²) in [5.74, 6) is -8.92. The topological polar surface area (TPSA) is 38.8 Å². The van der Waals surface area contributed by atoms with Crippen LogP contribution in [-0.2, 0) is 4.74 Å². The van der Waals surface area contributed by atoms with Crippen LogP contribution in [0.5, 0.6) is 11.5 Å². The van der Waals surface area contributed by atoms with Crippen molar-refractivity contribution in [1.29, 1.82) is 0 Å². The van der Waals surface area contributed by atoms with Crippen LogP contribution < -0.4 is 4.74 Å². The Labute approximate surface area is 171 Å². The van der Waals surface area contributed by atoms with E-state index < -0.39 is 40.6 Å². The normalized spacial score (nSPS) is 14.8. The quantitative estimate of drug-likeness (QED) is 0.358. The Morgan fingerprint density at radius 3 is 2.27 bits per heavy atom. The zero-order valence-electron chi connectivity index (χ0n) is 16.4. The number of rotatable bonds is 6. The van der Waals surface area contributed by atoms with Crippen molar-refractivity contribution in [3.63, 3.8) is 0 Å². The third-order valence-electron chi connectivity index (χ3n) is 4.86. The maximum atomic E-state index is 14.5. The number of esters is 1. The van der Waals surface area contributed by atoms with Crippen molar-refractivity contribution in [2.75, 3.05) is 26.7 Å². The van der Waals surface area contributed by atoms with Crippen LogP contribution in [0.4, 0.5) is 17.6 Å². The number of nitrogens with zero attached hydrogens (tertiary/aromatic N) is 1. The third kappa shape index (κ3) is 4.64. The lowest BCUT2D eigenvalue weighted by Crippen LogP contribution is -2.29. The third-order valence-corrected chi connectivity index (χ3v) is 4.86. The molecule has 0 aliphatic carbocycles. The number of likely N-dealkylation sites (tertiary alicyclic amines) is 1. The Balaban J connectivity index is 1.89. The van der Waals surface area contributed by atoms with Gasteiger partial charge < -0.3 is 9.47 Å². The monoisotopic (exact) mass is 423 g/mol. The van der Waals surface area contributed by atoms with Gasteiger partial charge in [0, 0.05) is 6.54 Å². The molecular weight excluding hydrogens is 402 g/mol. The molecule has 3 rings (SSSR count). The summed E-state index contributed by atoms with van der Waals surface area (Å²) in [5, 5.41) is 0. The van der Waals surface area contributed by atoms with E-state index in [4.69, 9.17) is 4.74 Å². The van der Waals surface area contributed by atoms with E-state index in [2.05, 4.69) is 9.64 Å². The Bertz CT molecular complexity index is 927. The number of piperidine rings is 1. The molecule has 0 saturated carbocycles. The molecule has 2 aromatic carbocycles. The fourth-order valence-corrected chi connectivity index (χ4v) is 3.27. The molecule has 0 aromatic heterocycles. The lowest BCUT2D eigenvalue weighted by Gasteiger charge is -2.24. The molecule has 0 N–H and O–H groups in total. The summed E-state index contributed by atoms with van der Waals surface area (Å²) in [5.41, 5.74) is -0.972. The van der Waals surface area contributed by atoms with Crippen LogP contribution in [0.15, 0.2) is 30.3 Å². The number of methoxy groups -OCH3 is 1. The molecule has 1 aliphatic rings. The number of hydrogen-bond acceptors (Lipinski definition) is 4. The molecule has 0 spiro atoms. The molecule has 0 atom stereocenters. The van der Waals surface area contributed by atoms with Crippen LogP contribution in [0.1, 0.15) is 35.2 Å². The number of carbonyl (C=O) groups excluding carboxylic acids is 1. The number of hydrogen-bond donors (Lipinski definition) is 0. The van der Waals surface area contributed by atoms with Gasteiger partial charge in [0.25, 0.3) is 0 Å². The highest BCUT2D eigenvalue weighted by molar-refractivity contribution is 5.92. The number of benzene rings is 2. The highest BCUT2D eigenvalue weighted by Crippen LogP contribution is 2.35. The van der Waals surface area contributed by atoms with Crippen molar-refractivity contribution < 1.29 is 31.8 Å². The molecule has 30 heavy (non-hydrogen) atoms. The van der Waals surface area contributed by atoms with Crippen LogP contribution in [-0.4, -0.2) is 37.6 Å². The van der Waals surface area contributed by atoms with Gasteiger partial charge in [-0.05, 0) is 38.1 Å². The SMILES string of the molecule is COC(=O)c1ccccc1Oc1c(F)c(F)c(/C=C/CN2CCCCC2)c(F)c1F. The highest BCUT2D eigenvalue weighted by Gasteiger charge is 2.27. The maximum Gasteiger partial charge on any atom is 0.341 e. The zero-order valence-corrected chi connectivity index (χ0v) is 16.4. The second-order valence-corrected chi connectivity index (χ2v) is 6.85. The van der Waals surface area contributed by atoms with Crippen LogP contribution in [0.3, 0.4) is 0 Å². The van der Waals surface area contributed by atoms with E-state index in [0.717, 1.165) is 45.5 Å². The van der Waals surface area contributed by atoms with Gasteiger partial charge in [0.1, 0.15) is 11.3 Å². The molecule has 1 heterocycles. The Kier molecular flexibility index (Phi) is 7.10. The molecule has 0 unspecified atom stereocenters. The predicted octanol–water partition coefficient (Wildman–Crippen LogP) is 5.32. The summed E-state index contributed by atoms with van der Waals surface area (Å²) in [7, 11) is 1.12. The van der Waals surface area contributed by atoms with E-state index in [0.29, 0.717) is 6.54 Å². The lowest BCUT2D eigenvalue weighted by molar-refractivity contribution is 0.0597. The van der Waals surface area contributed by atoms with E-state index in [1.807, 2.05) is 0 Å². The second-order valence-electron chi connectivity index (χ2n) is 6.85. The maximum absolute atomic E-state index is 14.5. The van der Waals surface area contributed by atoms with E-state index >= 15 is 0 Å². The predicted molar refractivity (Wildman–Crippen MR) is 103 cm³/mol. The minimum absolute atomic E-state index is 0.148. The summed E-state index contributed by atoms with van der Waals surface area (Å²) in [4.78, 5) is 13.9. The first kappa shape index (κ1) is 21.8. The van der Waals surface area contributed by atoms with Gasteiger partial charge in [0.2, 0.25) is 17.4 Å². The molecule has 160 valence electrons. The van der Waals surface area contributed by atoms with Gasteiger partial charge in [0.15, 0.2) is 11.6 Å². The fourth-order valence-electron chi connectivity index (χ4n) is 3.27. The molecule has 1 saturated heterocycles. The summed E-state index contributed by atoms with van der Waals surface area (Å²) in [6.45, 7) is 2.15. The molecule has 4 nitrogen and oxygen atoms in total. The van der Waals surface area contributed by atoms with Crippen LogP contribution in [0.2, 0.25) is 0 Å². The minimum Gasteiger partial charge on any atom is -0.465 e. The van der Waals surface area contributed by atoms with Crippen molar-refractivity contribution in [3.05, 3.63) is 64.7 Å². The molecule has 1 aliphatic heterocycles. The van der Waals surface area contributed by atoms with E-state index in [1.165, 1.54) is 30.3 Å². The molecule has 1 fully saturated rings. The van der Waals surface area contributed by atoms with Gasteiger partial charge in [-0.15, -0.1) is 0 Å². The standard InChI is InChI=1S/C22H21F4NO3/c1-29-22(28)14-8-3-4-10-16(14)30-21-19(25)17(23)15(18(24)20(21)26)9-7-13-27-11-5-2-6-12-27/h3-4,7-10H,2,5-6,11-13H2,1H3/b9-7+. The average molecular weight is 423 g/mol. The molecule has 0 amide bonds. The largest absolute Gasteiger partial charge is 0.465 e. The summed E-state index contributed by atoms with van der Waals surface area (Å²) < 4.78 is 67.6. The summed E-state index contributed by atoms with van der Waals surface area (Å²) in [6, 6.07) is 5.43. The second kappa shape index (κ2) is 9.75. The van der Waals surface area contributed by atoms with Crippen molar-refractivity contribution in [3.8, 4) is 11.5 Å². The van der Waals surface area contributed by atoms with Crippen molar-refractivity contribution in [1.82, 2.24) is 4.90 Å². The first-order valence-corrected chi connectivity index (χ1v) is 9.54. The van der Waals surface area contributed by atoms with Gasteiger partial charge in [0.05, 0.1) is 12.7 Å². The van der Waals surface area contributed by atoms with E-state index in [1.54, 1.807) is 0 Å². The first-order chi connectivity index (χ1) is 14.4. The Hall–Kier alpha value is -2.87. The summed E-state index contributed by atoms with van der Waals surface area (Å²) in [6.07, 6.45) is 5.72. The van der Waals surface area contributed by atoms with Crippen LogP contribution in [0.25, 0.3) is 6.08 Å². The first-order valence-electron chi connectivity index (χ1n) is 9.54. The van der Waals surface area contributed by atoms with Crippen LogP contribution >= 0.6 is 0 Å². The molecule has 0 bridgehead atoms. The minimum atomic E-state index is -1.69. The molecular formula is C22H21F4NO3. The average Bonchev–Trinajstić information content (AvgIpc) is 2.78. The van der Waals surface area contributed by atoms with Crippen LogP contribution in [0, 0.1) is 23.3 Å². The molecule has 2 aromatic rings. The van der Waals surface area contributed by atoms with E-state index in [9.17, 15) is 22.4 Å².